The number of nitrogens with two attached hydrogens (primary N) is 2. The van der Waals surface area contributed by atoms with Gasteiger partial charge in [0.2, 0.25) is 17.7 Å². The Balaban J connectivity index is 4.76. The monoisotopic (exact) mass is 471 g/mol. The molecular formula is C21H39N6O6+. The van der Waals surface area contributed by atoms with Crippen LogP contribution in [-0.2, 0) is 24.0 Å². The van der Waals surface area contributed by atoms with Crippen molar-refractivity contribution in [3.63, 3.8) is 0 Å². The van der Waals surface area contributed by atoms with Gasteiger partial charge in [0.15, 0.2) is 0 Å². The van der Waals surface area contributed by atoms with E-state index in [2.05, 4.69) is 20.9 Å². The van der Waals surface area contributed by atoms with E-state index in [1.165, 1.54) is 0 Å². The van der Waals surface area contributed by atoms with Gasteiger partial charge in [0.05, 0.1) is 19.0 Å². The highest BCUT2D eigenvalue weighted by Gasteiger charge is 2.24. The highest BCUT2D eigenvalue weighted by Crippen LogP contribution is 2.07. The predicted molar refractivity (Wildman–Crippen MR) is 122 cm³/mol. The molecule has 0 aromatic carbocycles. The Labute approximate surface area is 194 Å². The normalized spacial score (nSPS) is 13.3. The molecule has 0 aliphatic rings. The maximum Gasteiger partial charge on any atom is 0.338 e. The van der Waals surface area contributed by atoms with Gasteiger partial charge in [-0.3, -0.25) is 35.6 Å². The molecule has 0 fully saturated rings. The molecule has 0 aliphatic heterocycles. The Kier molecular flexibility index (Phi) is 14.9. The number of aliphatic carboxylic acids is 1. The molecule has 12 heteroatoms. The fraction of sp³-hybridized carbons (Fsp3) is 0.714. The maximum atomic E-state index is 12.7. The van der Waals surface area contributed by atoms with Gasteiger partial charge in [-0.05, 0) is 31.6 Å². The molecule has 0 rings (SSSR count). The third-order valence-corrected chi connectivity index (χ3v) is 4.73. The predicted octanol–water partition coefficient (Wildman–Crippen LogP) is -2.52. The van der Waals surface area contributed by atoms with Crippen LogP contribution in [0.5, 0.6) is 0 Å². The fourth-order valence-corrected chi connectivity index (χ4v) is 3.02. The highest BCUT2D eigenvalue weighted by molar-refractivity contribution is 5.90. The second-order valence-corrected chi connectivity index (χ2v) is 8.30. The summed E-state index contributed by atoms with van der Waals surface area (Å²) >= 11 is 0. The molecule has 0 aliphatic carbocycles. The second-order valence-electron chi connectivity index (χ2n) is 8.30. The molecule has 0 aromatic rings. The van der Waals surface area contributed by atoms with Crippen LogP contribution in [0.1, 0.15) is 65.7 Å². The molecule has 0 saturated carbocycles. The third kappa shape index (κ3) is 15.3. The minimum Gasteiger partial charge on any atom is -0.481 e. The Morgan fingerprint density at radius 1 is 1.03 bits per heavy atom. The van der Waals surface area contributed by atoms with Crippen LogP contribution < -0.4 is 32.4 Å². The molecule has 0 heterocycles. The summed E-state index contributed by atoms with van der Waals surface area (Å²) in [5, 5.41) is 16.7. The van der Waals surface area contributed by atoms with Gasteiger partial charge >= 0.3 is 11.9 Å². The van der Waals surface area contributed by atoms with Crippen LogP contribution in [-0.4, -0.2) is 65.7 Å². The quantitative estimate of drug-likeness (QED) is 0.0520. The second kappa shape index (κ2) is 16.5. The molecule has 0 aromatic heterocycles. The van der Waals surface area contributed by atoms with Crippen molar-refractivity contribution in [2.75, 3.05) is 6.54 Å². The average molecular weight is 472 g/mol. The zero-order valence-electron chi connectivity index (χ0n) is 19.7. The van der Waals surface area contributed by atoms with Crippen LogP contribution >= 0.6 is 0 Å². The van der Waals surface area contributed by atoms with Crippen molar-refractivity contribution >= 4 is 35.9 Å². The first-order valence-corrected chi connectivity index (χ1v) is 11.2. The molecule has 9 N–H and O–H groups in total. The molecule has 188 valence electrons. The Morgan fingerprint density at radius 2 is 1.64 bits per heavy atom. The van der Waals surface area contributed by atoms with Crippen molar-refractivity contribution < 1.29 is 34.1 Å². The number of hydrogen-bond donors (Lipinski definition) is 7. The first-order valence-electron chi connectivity index (χ1n) is 11.2. The van der Waals surface area contributed by atoms with Crippen molar-refractivity contribution in [3.05, 3.63) is 0 Å². The zero-order chi connectivity index (χ0) is 25.4. The molecule has 0 saturated heterocycles. The van der Waals surface area contributed by atoms with Gasteiger partial charge in [0, 0.05) is 18.9 Å². The van der Waals surface area contributed by atoms with Crippen molar-refractivity contribution in [1.82, 2.24) is 16.0 Å². The number of amides is 3. The van der Waals surface area contributed by atoms with E-state index >= 15 is 0 Å². The van der Waals surface area contributed by atoms with Crippen LogP contribution in [0.25, 0.3) is 0 Å². The maximum absolute atomic E-state index is 12.7. The number of aldehydes is 1. The van der Waals surface area contributed by atoms with Crippen LogP contribution in [0.3, 0.4) is 0 Å². The lowest BCUT2D eigenvalue weighted by molar-refractivity contribution is -0.459. The van der Waals surface area contributed by atoms with Gasteiger partial charge in [-0.15, -0.1) is 0 Å². The van der Waals surface area contributed by atoms with Gasteiger partial charge in [-0.1, -0.05) is 20.8 Å². The van der Waals surface area contributed by atoms with Crippen molar-refractivity contribution in [1.29, 1.82) is 0 Å². The van der Waals surface area contributed by atoms with E-state index < -0.39 is 41.8 Å². The average Bonchev–Trinajstić information content (AvgIpc) is 2.72. The lowest BCUT2D eigenvalue weighted by atomic mass is 10.0. The minimum absolute atomic E-state index is 0.0715. The summed E-state index contributed by atoms with van der Waals surface area (Å²) < 4.78 is 0. The van der Waals surface area contributed by atoms with E-state index in [-0.39, 0.29) is 31.1 Å². The Hall–Kier alpha value is -3.18. The van der Waals surface area contributed by atoms with Crippen LogP contribution in [0.4, 0.5) is 0 Å². The molecule has 0 radical (unpaired) electrons. The molecule has 33 heavy (non-hydrogen) atoms. The zero-order valence-corrected chi connectivity index (χ0v) is 19.7. The first kappa shape index (κ1) is 29.8. The number of hydrogen-bond acceptors (Lipinski definition) is 5. The third-order valence-electron chi connectivity index (χ3n) is 4.73. The van der Waals surface area contributed by atoms with Gasteiger partial charge in [-0.25, -0.2) is 0 Å². The van der Waals surface area contributed by atoms with Gasteiger partial charge < -0.3 is 25.9 Å². The van der Waals surface area contributed by atoms with Crippen LogP contribution in [0.15, 0.2) is 0 Å². The van der Waals surface area contributed by atoms with Gasteiger partial charge in [0.1, 0.15) is 12.3 Å². The Bertz CT molecular complexity index is 693. The topological polar surface area (TPSA) is 208 Å². The molecule has 3 unspecified atom stereocenters. The van der Waals surface area contributed by atoms with Crippen LogP contribution in [0, 0.1) is 5.92 Å². The number of guanidine groups is 1. The molecule has 3 atom stereocenters. The van der Waals surface area contributed by atoms with Gasteiger partial charge in [0.25, 0.3) is 0 Å². The summed E-state index contributed by atoms with van der Waals surface area (Å²) in [7, 11) is 0. The first-order chi connectivity index (χ1) is 15.5. The van der Waals surface area contributed by atoms with E-state index in [0.717, 1.165) is 0 Å². The Morgan fingerprint density at radius 3 is 2.12 bits per heavy atom. The number of nitrogens with one attached hydrogen (secondary N) is 4. The van der Waals surface area contributed by atoms with Crippen LogP contribution in [0.2, 0.25) is 0 Å². The number of carboxylic acid groups (broad SMARTS) is 1. The SMILES string of the molecule is CCC(CC(=O)O)NC(=O)CCC(=O)NC(CC(C)C)C(=O)NC(C=O)CCC[NH+]=C(N)N. The lowest BCUT2D eigenvalue weighted by Crippen LogP contribution is -2.78. The minimum atomic E-state index is -1.02. The van der Waals surface area contributed by atoms with Crippen molar-refractivity contribution in [2.24, 2.45) is 17.4 Å². The number of carbonyl (C=O) groups excluding carboxylic acids is 4. The van der Waals surface area contributed by atoms with E-state index in [0.29, 0.717) is 38.5 Å². The molecule has 12 nitrogen and oxygen atoms in total. The smallest absolute Gasteiger partial charge is 0.338 e. The fourth-order valence-electron chi connectivity index (χ4n) is 3.02. The summed E-state index contributed by atoms with van der Waals surface area (Å²) in [6.07, 6.45) is 1.86. The number of rotatable bonds is 17. The summed E-state index contributed by atoms with van der Waals surface area (Å²) in [5.41, 5.74) is 10.6. The summed E-state index contributed by atoms with van der Waals surface area (Å²) in [6, 6.07) is -2.09. The summed E-state index contributed by atoms with van der Waals surface area (Å²) in [4.78, 5) is 61.9. The number of carbonyl (C=O) groups is 5. The molecular weight excluding hydrogens is 432 g/mol. The van der Waals surface area contributed by atoms with Crippen molar-refractivity contribution in [2.45, 2.75) is 83.8 Å². The van der Waals surface area contributed by atoms with E-state index in [1.807, 2.05) is 13.8 Å². The molecule has 3 amide bonds. The van der Waals surface area contributed by atoms with Crippen molar-refractivity contribution in [3.8, 4) is 0 Å². The molecule has 0 bridgehead atoms. The molecule has 0 spiro atoms. The standard InChI is InChI=1S/C21H38N6O6/c1-4-14(11-19(31)32)25-17(29)7-8-18(30)27-16(10-13(2)3)20(33)26-15(12-28)6-5-9-24-21(22)23/h12-16H,4-11H2,1-3H3,(H,25,29)(H,26,33)(H,27,30)(H,31,32)(H4,22,23,24)/p+1. The van der Waals surface area contributed by atoms with E-state index in [9.17, 15) is 24.0 Å². The van der Waals surface area contributed by atoms with E-state index in [1.54, 1.807) is 6.92 Å². The summed E-state index contributed by atoms with van der Waals surface area (Å²) in [6.45, 7) is 5.99. The number of carboxylic acids is 1. The largest absolute Gasteiger partial charge is 0.481 e. The summed E-state index contributed by atoms with van der Waals surface area (Å²) in [5.74, 6) is -2.26. The lowest BCUT2D eigenvalue weighted by Gasteiger charge is -2.22. The van der Waals surface area contributed by atoms with Gasteiger partial charge in [-0.2, -0.15) is 0 Å². The van der Waals surface area contributed by atoms with E-state index in [4.69, 9.17) is 16.6 Å². The highest BCUT2D eigenvalue weighted by atomic mass is 16.4.